The fraction of sp³-hybridized carbons (Fsp3) is 0.385. The molecule has 1 aliphatic heterocycles. The Morgan fingerprint density at radius 1 is 1.27 bits per heavy atom. The van der Waals surface area contributed by atoms with Crippen molar-refractivity contribution in [2.45, 2.75) is 24.3 Å². The molecule has 0 amide bonds. The van der Waals surface area contributed by atoms with Gasteiger partial charge in [0.2, 0.25) is 10.0 Å². The van der Waals surface area contributed by atoms with Crippen molar-refractivity contribution in [3.05, 3.63) is 27.9 Å². The average molecular weight is 342 g/mol. The molecule has 9 heteroatoms. The van der Waals surface area contributed by atoms with E-state index in [1.54, 1.807) is 0 Å². The first-order chi connectivity index (χ1) is 10.4. The Bertz CT molecular complexity index is 891. The minimum Gasteiger partial charge on any atom is -0.480 e. The lowest BCUT2D eigenvalue weighted by Gasteiger charge is -2.15. The molecule has 1 aromatic heterocycles. The SMILES string of the molecule is O=C(O)Cn1c(=O)sc2cc(S(=O)(=O)N3CCCC3)ccc21. The molecular formula is C13H14N2O5S2. The smallest absolute Gasteiger partial charge is 0.323 e. The molecule has 1 saturated heterocycles. The minimum atomic E-state index is -3.54. The molecular weight excluding hydrogens is 328 g/mol. The number of rotatable bonds is 4. The van der Waals surface area contributed by atoms with E-state index in [1.165, 1.54) is 22.5 Å². The normalized spacial score (nSPS) is 16.4. The van der Waals surface area contributed by atoms with Gasteiger partial charge in [0.05, 0.1) is 15.1 Å². The number of carbonyl (C=O) groups is 1. The Morgan fingerprint density at radius 2 is 1.95 bits per heavy atom. The first-order valence-electron chi connectivity index (χ1n) is 6.75. The summed E-state index contributed by atoms with van der Waals surface area (Å²) in [5.74, 6) is -1.12. The van der Waals surface area contributed by atoms with Crippen LogP contribution in [-0.2, 0) is 21.4 Å². The second-order valence-electron chi connectivity index (χ2n) is 5.09. The summed E-state index contributed by atoms with van der Waals surface area (Å²) in [6, 6.07) is 4.38. The average Bonchev–Trinajstić information content (AvgIpc) is 3.07. The molecule has 0 radical (unpaired) electrons. The van der Waals surface area contributed by atoms with Gasteiger partial charge in [-0.05, 0) is 31.0 Å². The first-order valence-corrected chi connectivity index (χ1v) is 9.00. The van der Waals surface area contributed by atoms with Gasteiger partial charge in [0.15, 0.2) is 0 Å². The summed E-state index contributed by atoms with van der Waals surface area (Å²) in [5.41, 5.74) is 0.442. The van der Waals surface area contributed by atoms with Crippen molar-refractivity contribution in [1.29, 1.82) is 0 Å². The van der Waals surface area contributed by atoms with Gasteiger partial charge in [0, 0.05) is 13.1 Å². The molecule has 0 bridgehead atoms. The van der Waals surface area contributed by atoms with Crippen LogP contribution >= 0.6 is 11.3 Å². The second kappa shape index (κ2) is 5.49. The van der Waals surface area contributed by atoms with Crippen molar-refractivity contribution in [2.24, 2.45) is 0 Å². The van der Waals surface area contributed by atoms with Crippen LogP contribution in [-0.4, -0.2) is 41.5 Å². The Kier molecular flexibility index (Phi) is 3.79. The predicted octanol–water partition coefficient (Wildman–Crippen LogP) is 0.932. The van der Waals surface area contributed by atoms with Crippen LogP contribution in [0.1, 0.15) is 12.8 Å². The summed E-state index contributed by atoms with van der Waals surface area (Å²) >= 11 is 0.855. The highest BCUT2D eigenvalue weighted by Gasteiger charge is 2.27. The molecule has 0 aliphatic carbocycles. The summed E-state index contributed by atoms with van der Waals surface area (Å²) in [4.78, 5) is 22.4. The van der Waals surface area contributed by atoms with Crippen LogP contribution < -0.4 is 4.87 Å². The molecule has 7 nitrogen and oxygen atoms in total. The van der Waals surface area contributed by atoms with Crippen LogP contribution in [0.3, 0.4) is 0 Å². The summed E-state index contributed by atoms with van der Waals surface area (Å²) in [6.45, 7) is 0.588. The van der Waals surface area contributed by atoms with Crippen LogP contribution in [0, 0.1) is 0 Å². The fourth-order valence-corrected chi connectivity index (χ4v) is 5.12. The Hall–Kier alpha value is -1.71. The van der Waals surface area contributed by atoms with E-state index < -0.39 is 27.4 Å². The maximum absolute atomic E-state index is 12.5. The van der Waals surface area contributed by atoms with Gasteiger partial charge in [-0.2, -0.15) is 4.31 Å². The van der Waals surface area contributed by atoms with E-state index in [-0.39, 0.29) is 4.90 Å². The van der Waals surface area contributed by atoms with Gasteiger partial charge in [0.25, 0.3) is 0 Å². The maximum Gasteiger partial charge on any atom is 0.323 e. The molecule has 1 aromatic carbocycles. The number of carboxylic acids is 1. The molecule has 2 aromatic rings. The molecule has 0 atom stereocenters. The van der Waals surface area contributed by atoms with Crippen LogP contribution in [0.4, 0.5) is 0 Å². The highest BCUT2D eigenvalue weighted by Crippen LogP contribution is 2.25. The Labute approximate surface area is 130 Å². The first kappa shape index (κ1) is 15.2. The molecule has 0 spiro atoms. The molecule has 0 saturated carbocycles. The lowest BCUT2D eigenvalue weighted by Crippen LogP contribution is -2.27. The summed E-state index contributed by atoms with van der Waals surface area (Å²) in [6.07, 6.45) is 1.70. The number of thiazole rings is 1. The highest BCUT2D eigenvalue weighted by molar-refractivity contribution is 7.89. The van der Waals surface area contributed by atoms with Gasteiger partial charge >= 0.3 is 10.8 Å². The second-order valence-corrected chi connectivity index (χ2v) is 8.02. The number of aromatic nitrogens is 1. The maximum atomic E-state index is 12.5. The van der Waals surface area contributed by atoms with Crippen LogP contribution in [0.5, 0.6) is 0 Å². The number of hydrogen-bond donors (Lipinski definition) is 1. The number of benzene rings is 1. The Morgan fingerprint density at radius 3 is 2.59 bits per heavy atom. The van der Waals surface area contributed by atoms with E-state index in [0.717, 1.165) is 28.7 Å². The van der Waals surface area contributed by atoms with Gasteiger partial charge in [-0.3, -0.25) is 14.2 Å². The number of sulfonamides is 1. The number of carboxylic acid groups (broad SMARTS) is 1. The molecule has 118 valence electrons. The monoisotopic (exact) mass is 342 g/mol. The third-order valence-corrected chi connectivity index (χ3v) is 6.47. The molecule has 22 heavy (non-hydrogen) atoms. The van der Waals surface area contributed by atoms with Crippen molar-refractivity contribution in [3.8, 4) is 0 Å². The quantitative estimate of drug-likeness (QED) is 0.892. The van der Waals surface area contributed by atoms with E-state index in [9.17, 15) is 18.0 Å². The summed E-state index contributed by atoms with van der Waals surface area (Å²) < 4.78 is 28.0. The van der Waals surface area contributed by atoms with E-state index in [0.29, 0.717) is 23.3 Å². The van der Waals surface area contributed by atoms with E-state index in [2.05, 4.69) is 0 Å². The minimum absolute atomic E-state index is 0.144. The standard InChI is InChI=1S/C13H14N2O5S2/c16-12(17)8-15-10-4-3-9(7-11(10)21-13(15)18)22(19,20)14-5-1-2-6-14/h3-4,7H,1-2,5-6,8H2,(H,16,17). The number of fused-ring (bicyclic) bond motifs is 1. The molecule has 0 unspecified atom stereocenters. The van der Waals surface area contributed by atoms with Crippen LogP contribution in [0.15, 0.2) is 27.9 Å². The zero-order valence-electron chi connectivity index (χ0n) is 11.6. The van der Waals surface area contributed by atoms with E-state index in [4.69, 9.17) is 5.11 Å². The van der Waals surface area contributed by atoms with Gasteiger partial charge in [-0.1, -0.05) is 11.3 Å². The topological polar surface area (TPSA) is 96.7 Å². The van der Waals surface area contributed by atoms with Crippen LogP contribution in [0.25, 0.3) is 10.2 Å². The zero-order valence-corrected chi connectivity index (χ0v) is 13.2. The fourth-order valence-electron chi connectivity index (χ4n) is 2.57. The van der Waals surface area contributed by atoms with Gasteiger partial charge in [-0.25, -0.2) is 8.42 Å². The zero-order chi connectivity index (χ0) is 15.9. The van der Waals surface area contributed by atoms with Crippen LogP contribution in [0.2, 0.25) is 0 Å². The number of hydrogen-bond acceptors (Lipinski definition) is 5. The molecule has 2 heterocycles. The molecule has 1 N–H and O–H groups in total. The lowest BCUT2D eigenvalue weighted by atomic mass is 10.3. The number of aliphatic carboxylic acids is 1. The lowest BCUT2D eigenvalue weighted by molar-refractivity contribution is -0.137. The van der Waals surface area contributed by atoms with Crippen molar-refractivity contribution in [2.75, 3.05) is 13.1 Å². The van der Waals surface area contributed by atoms with Crippen molar-refractivity contribution in [1.82, 2.24) is 8.87 Å². The van der Waals surface area contributed by atoms with Crippen molar-refractivity contribution < 1.29 is 18.3 Å². The largest absolute Gasteiger partial charge is 0.480 e. The van der Waals surface area contributed by atoms with Gasteiger partial charge in [-0.15, -0.1) is 0 Å². The van der Waals surface area contributed by atoms with Crippen molar-refractivity contribution in [3.63, 3.8) is 0 Å². The third-order valence-electron chi connectivity index (χ3n) is 3.64. The Balaban J connectivity index is 2.07. The van der Waals surface area contributed by atoms with E-state index >= 15 is 0 Å². The van der Waals surface area contributed by atoms with Crippen molar-refractivity contribution >= 4 is 37.5 Å². The number of nitrogens with zero attached hydrogens (tertiary/aromatic N) is 2. The van der Waals surface area contributed by atoms with Gasteiger partial charge in [0.1, 0.15) is 6.54 Å². The summed E-state index contributed by atoms with van der Waals surface area (Å²) in [7, 11) is -3.54. The predicted molar refractivity (Wildman–Crippen MR) is 81.7 cm³/mol. The van der Waals surface area contributed by atoms with E-state index in [1.807, 2.05) is 0 Å². The highest BCUT2D eigenvalue weighted by atomic mass is 32.2. The van der Waals surface area contributed by atoms with Gasteiger partial charge < -0.3 is 5.11 Å². The molecule has 3 rings (SSSR count). The third kappa shape index (κ3) is 2.55. The molecule has 1 fully saturated rings. The summed E-state index contributed by atoms with van der Waals surface area (Å²) in [5, 5.41) is 8.84. The molecule has 1 aliphatic rings.